The first-order chi connectivity index (χ1) is 17.1. The molecule has 1 aromatic heterocycles. The summed E-state index contributed by atoms with van der Waals surface area (Å²) in [6.07, 6.45) is 1.63. The Labute approximate surface area is 206 Å². The Morgan fingerprint density at radius 2 is 1.57 bits per heavy atom. The third-order valence-electron chi connectivity index (χ3n) is 6.01. The minimum Gasteiger partial charge on any atom is -0.492 e. The number of carbonyl (C=O) groups is 1. The van der Waals surface area contributed by atoms with E-state index in [0.717, 1.165) is 54.0 Å². The number of benzene rings is 2. The van der Waals surface area contributed by atoms with E-state index >= 15 is 0 Å². The molecule has 4 rings (SSSR count). The number of ether oxygens (including phenoxy) is 3. The van der Waals surface area contributed by atoms with Crippen LogP contribution in [0.3, 0.4) is 0 Å². The van der Waals surface area contributed by atoms with Crippen molar-refractivity contribution in [1.29, 1.82) is 0 Å². The Morgan fingerprint density at radius 3 is 2.23 bits per heavy atom. The molecule has 0 aliphatic carbocycles. The molecule has 3 aromatic rings. The van der Waals surface area contributed by atoms with E-state index in [-0.39, 0.29) is 5.91 Å². The van der Waals surface area contributed by atoms with Crippen LogP contribution in [0.5, 0.6) is 11.5 Å². The van der Waals surface area contributed by atoms with Gasteiger partial charge in [0.05, 0.1) is 60.2 Å². The van der Waals surface area contributed by atoms with Crippen molar-refractivity contribution in [1.82, 2.24) is 9.97 Å². The average molecular weight is 479 g/mol. The number of hydrogen-bond acceptors (Lipinski definition) is 7. The number of rotatable bonds is 9. The summed E-state index contributed by atoms with van der Waals surface area (Å²) in [4.78, 5) is 25.0. The van der Waals surface area contributed by atoms with Crippen molar-refractivity contribution in [2.24, 2.45) is 0 Å². The summed E-state index contributed by atoms with van der Waals surface area (Å²) < 4.78 is 17.4. The van der Waals surface area contributed by atoms with Crippen LogP contribution < -0.4 is 19.7 Å². The molecule has 0 spiro atoms. The number of hydrogen-bond donors (Lipinski definition) is 1. The van der Waals surface area contributed by atoms with E-state index in [4.69, 9.17) is 24.2 Å². The molecule has 1 N–H and O–H groups in total. The van der Waals surface area contributed by atoms with Crippen LogP contribution in [-0.2, 0) is 17.6 Å². The molecule has 1 fully saturated rings. The lowest BCUT2D eigenvalue weighted by Gasteiger charge is -2.31. The summed E-state index contributed by atoms with van der Waals surface area (Å²) in [5.74, 6) is 1.07. The van der Waals surface area contributed by atoms with Crippen molar-refractivity contribution in [2.45, 2.75) is 40.5 Å². The van der Waals surface area contributed by atoms with Crippen LogP contribution in [0.1, 0.15) is 49.4 Å². The van der Waals surface area contributed by atoms with Gasteiger partial charge in [0.1, 0.15) is 11.5 Å². The first-order valence-corrected chi connectivity index (χ1v) is 12.4. The van der Waals surface area contributed by atoms with Gasteiger partial charge in [0, 0.05) is 30.8 Å². The van der Waals surface area contributed by atoms with Crippen LogP contribution in [0.4, 0.5) is 11.4 Å². The number of aromatic nitrogens is 2. The van der Waals surface area contributed by atoms with Gasteiger partial charge < -0.3 is 24.4 Å². The molecule has 0 atom stereocenters. The number of anilines is 2. The first-order valence-electron chi connectivity index (χ1n) is 12.4. The molecular weight excluding hydrogens is 444 g/mol. The van der Waals surface area contributed by atoms with E-state index < -0.39 is 0 Å². The zero-order valence-electron chi connectivity index (χ0n) is 21.0. The molecule has 8 heteroatoms. The van der Waals surface area contributed by atoms with Gasteiger partial charge in [-0.25, -0.2) is 9.97 Å². The minimum absolute atomic E-state index is 0.242. The zero-order valence-corrected chi connectivity index (χ0v) is 21.0. The molecule has 1 saturated heterocycles. The number of fused-ring (bicyclic) bond motifs is 1. The Balaban J connectivity index is 1.66. The molecule has 1 amide bonds. The van der Waals surface area contributed by atoms with Crippen LogP contribution in [0.25, 0.3) is 11.0 Å². The topological polar surface area (TPSA) is 85.8 Å². The van der Waals surface area contributed by atoms with Gasteiger partial charge in [-0.05, 0) is 44.9 Å². The van der Waals surface area contributed by atoms with Gasteiger partial charge in [0.15, 0.2) is 0 Å². The Kier molecular flexibility index (Phi) is 8.02. The molecule has 0 bridgehead atoms. The average Bonchev–Trinajstić information content (AvgIpc) is 2.89. The molecule has 186 valence electrons. The lowest BCUT2D eigenvalue weighted by atomic mass is 10.1. The van der Waals surface area contributed by atoms with E-state index in [1.54, 1.807) is 12.1 Å². The highest BCUT2D eigenvalue weighted by atomic mass is 16.5. The number of carbonyl (C=O) groups excluding carboxylic acids is 1. The van der Waals surface area contributed by atoms with Gasteiger partial charge in [-0.15, -0.1) is 0 Å². The van der Waals surface area contributed by atoms with Gasteiger partial charge in [-0.3, -0.25) is 4.79 Å². The molecule has 8 nitrogen and oxygen atoms in total. The third-order valence-corrected chi connectivity index (χ3v) is 6.01. The smallest absolute Gasteiger partial charge is 0.255 e. The maximum atomic E-state index is 13.3. The zero-order chi connectivity index (χ0) is 24.8. The predicted molar refractivity (Wildman–Crippen MR) is 138 cm³/mol. The summed E-state index contributed by atoms with van der Waals surface area (Å²) in [6, 6.07) is 9.22. The number of nitrogens with one attached hydrogen (secondary N) is 1. The molecule has 1 aliphatic rings. The van der Waals surface area contributed by atoms with Crippen LogP contribution in [0.15, 0.2) is 30.3 Å². The normalized spacial score (nSPS) is 13.7. The summed E-state index contributed by atoms with van der Waals surface area (Å²) in [6.45, 7) is 11.9. The van der Waals surface area contributed by atoms with Gasteiger partial charge in [0.25, 0.3) is 5.91 Å². The van der Waals surface area contributed by atoms with E-state index in [2.05, 4.69) is 24.1 Å². The van der Waals surface area contributed by atoms with Crippen molar-refractivity contribution in [3.8, 4) is 11.5 Å². The molecule has 35 heavy (non-hydrogen) atoms. The highest BCUT2D eigenvalue weighted by molar-refractivity contribution is 6.07. The van der Waals surface area contributed by atoms with Gasteiger partial charge in [-0.1, -0.05) is 13.8 Å². The van der Waals surface area contributed by atoms with E-state index in [9.17, 15) is 4.79 Å². The summed E-state index contributed by atoms with van der Waals surface area (Å²) in [5, 5.41) is 3.02. The fourth-order valence-corrected chi connectivity index (χ4v) is 4.27. The lowest BCUT2D eigenvalue weighted by Crippen LogP contribution is -2.36. The van der Waals surface area contributed by atoms with Crippen molar-refractivity contribution in [3.63, 3.8) is 0 Å². The van der Waals surface area contributed by atoms with E-state index in [0.29, 0.717) is 49.2 Å². The van der Waals surface area contributed by atoms with Crippen LogP contribution in [0, 0.1) is 0 Å². The van der Waals surface area contributed by atoms with Crippen molar-refractivity contribution in [2.75, 3.05) is 49.7 Å². The fraction of sp³-hybridized carbons (Fsp3) is 0.444. The third kappa shape index (κ3) is 5.48. The highest BCUT2D eigenvalue weighted by Crippen LogP contribution is 2.39. The van der Waals surface area contributed by atoms with Crippen LogP contribution in [0.2, 0.25) is 0 Å². The number of nitrogens with zero attached hydrogens (tertiary/aromatic N) is 3. The Hall–Kier alpha value is -3.39. The SMILES string of the molecule is CCOc1cc(N2CCOCC2)c(OCC)cc1NC(=O)c1ccc2nc(CC)c(CC)nc2c1. The van der Waals surface area contributed by atoms with Crippen molar-refractivity contribution >= 4 is 28.3 Å². The number of morpholine rings is 1. The largest absolute Gasteiger partial charge is 0.492 e. The summed E-state index contributed by atoms with van der Waals surface area (Å²) >= 11 is 0. The fourth-order valence-electron chi connectivity index (χ4n) is 4.27. The van der Waals surface area contributed by atoms with Gasteiger partial charge in [0.2, 0.25) is 0 Å². The van der Waals surface area contributed by atoms with E-state index in [1.165, 1.54) is 0 Å². The highest BCUT2D eigenvalue weighted by Gasteiger charge is 2.21. The first kappa shape index (κ1) is 24.7. The maximum Gasteiger partial charge on any atom is 0.255 e. The molecule has 2 heterocycles. The van der Waals surface area contributed by atoms with Gasteiger partial charge in [-0.2, -0.15) is 0 Å². The molecule has 0 unspecified atom stereocenters. The number of amides is 1. The van der Waals surface area contributed by atoms with E-state index in [1.807, 2.05) is 32.0 Å². The molecule has 0 saturated carbocycles. The standard InChI is InChI=1S/C27H34N4O4/c1-5-19-20(6-2)29-22-15-18(9-10-21(22)28-19)27(32)30-23-16-26(35-8-4)24(17-25(23)34-7-3)31-11-13-33-14-12-31/h9-10,15-17H,5-8,11-14H2,1-4H3,(H,30,32). The summed E-state index contributed by atoms with van der Waals surface area (Å²) in [5.41, 5.74) is 5.50. The second-order valence-electron chi connectivity index (χ2n) is 8.26. The molecule has 0 radical (unpaired) electrons. The van der Waals surface area contributed by atoms with Crippen molar-refractivity contribution in [3.05, 3.63) is 47.3 Å². The van der Waals surface area contributed by atoms with Crippen LogP contribution >= 0.6 is 0 Å². The monoisotopic (exact) mass is 478 g/mol. The second-order valence-corrected chi connectivity index (χ2v) is 8.26. The number of aryl methyl sites for hydroxylation is 2. The molecule has 1 aliphatic heterocycles. The van der Waals surface area contributed by atoms with Gasteiger partial charge >= 0.3 is 0 Å². The molecular formula is C27H34N4O4. The molecule has 2 aromatic carbocycles. The minimum atomic E-state index is -0.242. The maximum absolute atomic E-state index is 13.3. The lowest BCUT2D eigenvalue weighted by molar-refractivity contribution is 0.102. The van der Waals surface area contributed by atoms with Crippen molar-refractivity contribution < 1.29 is 19.0 Å². The summed E-state index contributed by atoms with van der Waals surface area (Å²) in [7, 11) is 0. The Bertz CT molecular complexity index is 1190. The predicted octanol–water partition coefficient (Wildman–Crippen LogP) is 4.64. The second kappa shape index (κ2) is 11.4. The van der Waals surface area contributed by atoms with Crippen LogP contribution in [-0.4, -0.2) is 55.4 Å². The quantitative estimate of drug-likeness (QED) is 0.479. The Morgan fingerprint density at radius 1 is 0.914 bits per heavy atom.